The molecule has 154 valence electrons. The van der Waals surface area contributed by atoms with Crippen molar-refractivity contribution in [2.75, 3.05) is 20.8 Å². The fourth-order valence-corrected chi connectivity index (χ4v) is 3.27. The van der Waals surface area contributed by atoms with E-state index < -0.39 is 33.0 Å². The van der Waals surface area contributed by atoms with E-state index >= 15 is 0 Å². The Kier molecular flexibility index (Phi) is 7.26. The second-order valence-electron chi connectivity index (χ2n) is 5.87. The van der Waals surface area contributed by atoms with Gasteiger partial charge < -0.3 is 13.3 Å². The van der Waals surface area contributed by atoms with Gasteiger partial charge in [0.2, 0.25) is 0 Å². The van der Waals surface area contributed by atoms with Crippen LogP contribution in [0.5, 0.6) is 0 Å². The lowest BCUT2D eigenvalue weighted by Crippen LogP contribution is -2.24. The molecule has 0 aliphatic heterocycles. The molecule has 0 saturated carbocycles. The van der Waals surface area contributed by atoms with E-state index in [0.29, 0.717) is 25.2 Å². The molecule has 2 rings (SSSR count). The molecule has 0 N–H and O–H groups in total. The summed E-state index contributed by atoms with van der Waals surface area (Å²) in [6, 6.07) is 7.74. The summed E-state index contributed by atoms with van der Waals surface area (Å²) in [5.74, 6) is 0. The normalized spacial score (nSPS) is 12.6. The molecule has 0 aliphatic carbocycles. The van der Waals surface area contributed by atoms with Gasteiger partial charge >= 0.3 is 21.9 Å². The Hall–Kier alpha value is -1.88. The maximum Gasteiger partial charge on any atom is 0.483 e. The van der Waals surface area contributed by atoms with Crippen molar-refractivity contribution in [3.8, 4) is 11.1 Å². The monoisotopic (exact) mass is 424 g/mol. The first-order chi connectivity index (χ1) is 13.0. The minimum absolute atomic E-state index is 0.112. The molecule has 0 heterocycles. The lowest BCUT2D eigenvalue weighted by molar-refractivity contribution is -0.143. The third-order valence-corrected chi connectivity index (χ3v) is 5.18. The first-order valence-corrected chi connectivity index (χ1v) is 9.52. The zero-order chi connectivity index (χ0) is 20.9. The van der Waals surface area contributed by atoms with Gasteiger partial charge in [0, 0.05) is 20.8 Å². The molecule has 0 aromatic heterocycles. The Morgan fingerprint density at radius 3 is 1.68 bits per heavy atom. The minimum Gasteiger partial charge on any atom is -0.379 e. The molecule has 0 amide bonds. The van der Waals surface area contributed by atoms with E-state index in [1.54, 1.807) is 12.1 Å². The summed E-state index contributed by atoms with van der Waals surface area (Å²) in [6.45, 7) is 0.319. The Morgan fingerprint density at radius 1 is 0.750 bits per heavy atom. The molecule has 28 heavy (non-hydrogen) atoms. The van der Waals surface area contributed by atoms with Gasteiger partial charge in [0.25, 0.3) is 0 Å². The number of benzene rings is 2. The number of rotatable bonds is 7. The first-order valence-electron chi connectivity index (χ1n) is 8.10. The maximum absolute atomic E-state index is 13.0. The highest BCUT2D eigenvalue weighted by Crippen LogP contribution is 2.38. The van der Waals surface area contributed by atoms with Crippen LogP contribution in [-0.4, -0.2) is 30.4 Å². The average molecular weight is 424 g/mol. The third kappa shape index (κ3) is 6.06. The van der Waals surface area contributed by atoms with Gasteiger partial charge in [-0.15, -0.1) is 0 Å². The quantitative estimate of drug-likeness (QED) is 0.465. The highest BCUT2D eigenvalue weighted by Gasteiger charge is 2.36. The van der Waals surface area contributed by atoms with Crippen LogP contribution < -0.4 is 0 Å². The lowest BCUT2D eigenvalue weighted by atomic mass is 9.98. The van der Waals surface area contributed by atoms with Crippen LogP contribution in [0.1, 0.15) is 16.7 Å². The van der Waals surface area contributed by atoms with Crippen molar-refractivity contribution in [2.45, 2.75) is 18.8 Å². The average Bonchev–Trinajstić information content (AvgIpc) is 2.64. The summed E-state index contributed by atoms with van der Waals surface area (Å²) in [6.07, 6.45) is -9.26. The zero-order valence-corrected chi connectivity index (χ0v) is 16.2. The molecule has 0 atom stereocenters. The fraction of sp³-hybridized carbons (Fsp3) is 0.333. The minimum atomic E-state index is -4.88. The highest BCUT2D eigenvalue weighted by atomic mass is 28.3. The summed E-state index contributed by atoms with van der Waals surface area (Å²) < 4.78 is 93.3. The second kappa shape index (κ2) is 9.08. The molecule has 0 saturated heterocycles. The van der Waals surface area contributed by atoms with Crippen molar-refractivity contribution in [1.82, 2.24) is 0 Å². The topological polar surface area (TPSA) is 27.7 Å². The summed E-state index contributed by atoms with van der Waals surface area (Å²) in [7, 11) is 0.794. The van der Waals surface area contributed by atoms with Gasteiger partial charge in [0.1, 0.15) is 0 Å². The van der Waals surface area contributed by atoms with Crippen LogP contribution >= 0.6 is 0 Å². The molecule has 0 bridgehead atoms. The molecule has 10 heteroatoms. The second-order valence-corrected chi connectivity index (χ2v) is 7.73. The van der Waals surface area contributed by atoms with Gasteiger partial charge in [-0.1, -0.05) is 24.3 Å². The predicted molar refractivity (Wildman–Crippen MR) is 92.7 cm³/mol. The molecular weight excluding hydrogens is 406 g/mol. The SMILES string of the molecule is CO[SiH](OC)OCCc1ccc(-c2cc(C(F)(F)F)cc(C(F)(F)F)c2)cc1. The molecule has 0 unspecified atom stereocenters. The molecule has 0 fully saturated rings. The fourth-order valence-electron chi connectivity index (χ4n) is 2.49. The van der Waals surface area contributed by atoms with Gasteiger partial charge in [-0.05, 0) is 41.3 Å². The Morgan fingerprint density at radius 2 is 1.25 bits per heavy atom. The molecule has 2 aromatic rings. The molecule has 0 spiro atoms. The molecular formula is C18H18F6O3Si. The summed E-state index contributed by atoms with van der Waals surface area (Å²) in [4.78, 5) is 0. The van der Waals surface area contributed by atoms with Crippen LogP contribution in [0.25, 0.3) is 11.1 Å². The van der Waals surface area contributed by atoms with Crippen LogP contribution in [-0.2, 0) is 32.1 Å². The van der Waals surface area contributed by atoms with Crippen molar-refractivity contribution in [2.24, 2.45) is 0 Å². The van der Waals surface area contributed by atoms with Gasteiger partial charge in [-0.2, -0.15) is 26.3 Å². The van der Waals surface area contributed by atoms with E-state index in [4.69, 9.17) is 13.3 Å². The van der Waals surface area contributed by atoms with Crippen molar-refractivity contribution in [1.29, 1.82) is 0 Å². The van der Waals surface area contributed by atoms with Crippen LogP contribution in [0, 0.1) is 0 Å². The standard InChI is InChI=1S/C18H18F6O3Si/c1-25-28(26-2)27-8-7-12-3-5-13(6-4-12)14-9-15(17(19,20)21)11-16(10-14)18(22,23)24/h3-6,9-11,28H,7-8H2,1-2H3. The van der Waals surface area contributed by atoms with E-state index in [1.165, 1.54) is 26.4 Å². The van der Waals surface area contributed by atoms with Crippen LogP contribution in [0.15, 0.2) is 42.5 Å². The van der Waals surface area contributed by atoms with E-state index in [9.17, 15) is 26.3 Å². The van der Waals surface area contributed by atoms with Gasteiger partial charge in [0.05, 0.1) is 11.1 Å². The van der Waals surface area contributed by atoms with Crippen molar-refractivity contribution >= 4 is 9.53 Å². The van der Waals surface area contributed by atoms with Crippen LogP contribution in [0.4, 0.5) is 26.3 Å². The largest absolute Gasteiger partial charge is 0.483 e. The Labute approximate surface area is 159 Å². The number of hydrogen-bond acceptors (Lipinski definition) is 3. The highest BCUT2D eigenvalue weighted by molar-refractivity contribution is 6.36. The molecule has 3 nitrogen and oxygen atoms in total. The van der Waals surface area contributed by atoms with Gasteiger partial charge in [-0.25, -0.2) is 0 Å². The smallest absolute Gasteiger partial charge is 0.379 e. The van der Waals surface area contributed by atoms with Crippen molar-refractivity contribution in [3.05, 3.63) is 59.2 Å². The van der Waals surface area contributed by atoms with Gasteiger partial charge in [0.15, 0.2) is 0 Å². The van der Waals surface area contributed by atoms with Crippen LogP contribution in [0.2, 0.25) is 0 Å². The maximum atomic E-state index is 13.0. The lowest BCUT2D eigenvalue weighted by Gasteiger charge is -2.15. The zero-order valence-electron chi connectivity index (χ0n) is 15.0. The number of hydrogen-bond donors (Lipinski definition) is 0. The van der Waals surface area contributed by atoms with E-state index in [0.717, 1.165) is 5.56 Å². The summed E-state index contributed by atoms with van der Waals surface area (Å²) in [5, 5.41) is 0. The number of alkyl halides is 6. The molecule has 2 aromatic carbocycles. The predicted octanol–water partition coefficient (Wildman–Crippen LogP) is 4.96. The Bertz CT molecular complexity index is 738. The number of halogens is 6. The van der Waals surface area contributed by atoms with Crippen LogP contribution in [0.3, 0.4) is 0 Å². The van der Waals surface area contributed by atoms with E-state index in [1.807, 2.05) is 0 Å². The van der Waals surface area contributed by atoms with E-state index in [2.05, 4.69) is 0 Å². The summed E-state index contributed by atoms with van der Waals surface area (Å²) in [5.41, 5.74) is -1.78. The molecule has 0 aliphatic rings. The third-order valence-electron chi connectivity index (χ3n) is 3.90. The van der Waals surface area contributed by atoms with Crippen molar-refractivity contribution in [3.63, 3.8) is 0 Å². The van der Waals surface area contributed by atoms with E-state index in [-0.39, 0.29) is 17.2 Å². The van der Waals surface area contributed by atoms with Gasteiger partial charge in [-0.3, -0.25) is 0 Å². The summed E-state index contributed by atoms with van der Waals surface area (Å²) >= 11 is 0. The van der Waals surface area contributed by atoms with Crippen molar-refractivity contribution < 1.29 is 39.6 Å². The Balaban J connectivity index is 2.23. The molecule has 0 radical (unpaired) electrons. The first kappa shape index (κ1) is 22.4.